The summed E-state index contributed by atoms with van der Waals surface area (Å²) in [5.41, 5.74) is 0. The standard InChI is InChI=1S/C19H31ClN4O3S.HI/c1-4-21-19(22-15-16-8-10-24(11-9-16)28(3,25)26)23(2)12-13-27-18-7-5-6-17(20)14-18;/h5-7,14,16H,4,8-13,15H2,1-3H3,(H,21,22);1H. The van der Waals surface area contributed by atoms with Crippen LogP contribution in [0.3, 0.4) is 0 Å². The second-order valence-electron chi connectivity index (χ2n) is 7.03. The number of benzene rings is 1. The van der Waals surface area contributed by atoms with E-state index in [1.165, 1.54) is 6.26 Å². The van der Waals surface area contributed by atoms with Crippen molar-refractivity contribution < 1.29 is 13.2 Å². The molecule has 1 aromatic rings. The lowest BCUT2D eigenvalue weighted by Crippen LogP contribution is -2.42. The lowest BCUT2D eigenvalue weighted by atomic mass is 9.98. The van der Waals surface area contributed by atoms with Gasteiger partial charge < -0.3 is 15.0 Å². The van der Waals surface area contributed by atoms with Crippen molar-refractivity contribution in [3.05, 3.63) is 29.3 Å². The highest BCUT2D eigenvalue weighted by Crippen LogP contribution is 2.19. The minimum atomic E-state index is -3.08. The van der Waals surface area contributed by atoms with Gasteiger partial charge in [0.25, 0.3) is 0 Å². The number of aliphatic imine (C=N–C) groups is 1. The molecule has 0 unspecified atom stereocenters. The van der Waals surface area contributed by atoms with E-state index < -0.39 is 10.0 Å². The van der Waals surface area contributed by atoms with Crippen molar-refractivity contribution in [1.82, 2.24) is 14.5 Å². The summed E-state index contributed by atoms with van der Waals surface area (Å²) < 4.78 is 30.5. The molecule has 1 aromatic carbocycles. The number of nitrogens with zero attached hydrogens (tertiary/aromatic N) is 3. The number of guanidine groups is 1. The lowest BCUT2D eigenvalue weighted by molar-refractivity contribution is 0.274. The van der Waals surface area contributed by atoms with Crippen LogP contribution in [0.5, 0.6) is 5.75 Å². The molecule has 1 saturated heterocycles. The van der Waals surface area contributed by atoms with E-state index in [1.807, 2.05) is 37.1 Å². The Hall–Kier alpha value is -0.780. The summed E-state index contributed by atoms with van der Waals surface area (Å²) in [6.45, 7) is 5.89. The Labute approximate surface area is 196 Å². The number of piperidine rings is 1. The normalized spacial score (nSPS) is 16.2. The maximum Gasteiger partial charge on any atom is 0.211 e. The number of hydrogen-bond acceptors (Lipinski definition) is 4. The Morgan fingerprint density at radius 2 is 2.07 bits per heavy atom. The quantitative estimate of drug-likeness (QED) is 0.302. The van der Waals surface area contributed by atoms with E-state index in [0.717, 1.165) is 31.1 Å². The SMILES string of the molecule is CCNC(=NCC1CCN(S(C)(=O)=O)CC1)N(C)CCOc1cccc(Cl)c1.I. The molecule has 0 aliphatic carbocycles. The molecule has 166 valence electrons. The molecule has 0 atom stereocenters. The third-order valence-corrected chi connectivity index (χ3v) is 6.27. The zero-order chi connectivity index (χ0) is 20.6. The lowest BCUT2D eigenvalue weighted by Gasteiger charge is -2.30. The fourth-order valence-corrected chi connectivity index (χ4v) is 4.13. The van der Waals surface area contributed by atoms with Crippen molar-refractivity contribution in [2.45, 2.75) is 19.8 Å². The summed E-state index contributed by atoms with van der Waals surface area (Å²) in [6, 6.07) is 7.36. The summed E-state index contributed by atoms with van der Waals surface area (Å²) in [5, 5.41) is 3.96. The maximum absolute atomic E-state index is 11.6. The maximum atomic E-state index is 11.6. The Kier molecular flexibility index (Phi) is 11.6. The van der Waals surface area contributed by atoms with Crippen LogP contribution in [0.4, 0.5) is 0 Å². The fourth-order valence-electron chi connectivity index (χ4n) is 3.07. The molecule has 1 N–H and O–H groups in total. The van der Waals surface area contributed by atoms with Gasteiger partial charge in [-0.3, -0.25) is 4.99 Å². The van der Waals surface area contributed by atoms with Gasteiger partial charge in [0.15, 0.2) is 5.96 Å². The molecule has 1 fully saturated rings. The molecule has 0 bridgehead atoms. The van der Waals surface area contributed by atoms with Crippen molar-refractivity contribution >= 4 is 51.6 Å². The van der Waals surface area contributed by atoms with Gasteiger partial charge in [-0.15, -0.1) is 24.0 Å². The van der Waals surface area contributed by atoms with Crippen LogP contribution >= 0.6 is 35.6 Å². The number of ether oxygens (including phenoxy) is 1. The summed E-state index contributed by atoms with van der Waals surface area (Å²) in [7, 11) is -1.10. The van der Waals surface area contributed by atoms with Gasteiger partial charge in [-0.05, 0) is 43.9 Å². The van der Waals surface area contributed by atoms with Gasteiger partial charge in [0, 0.05) is 38.2 Å². The van der Waals surface area contributed by atoms with Crippen LogP contribution in [0.2, 0.25) is 5.02 Å². The molecular weight excluding hydrogens is 527 g/mol. The Morgan fingerprint density at radius 3 is 2.66 bits per heavy atom. The van der Waals surface area contributed by atoms with Crippen LogP contribution in [0, 0.1) is 5.92 Å². The molecule has 0 saturated carbocycles. The largest absolute Gasteiger partial charge is 0.492 e. The second-order valence-corrected chi connectivity index (χ2v) is 9.45. The number of sulfonamides is 1. The molecule has 7 nitrogen and oxygen atoms in total. The average molecular weight is 559 g/mol. The Balaban J connectivity index is 0.00000420. The first-order chi connectivity index (χ1) is 13.3. The molecule has 10 heteroatoms. The van der Waals surface area contributed by atoms with Crippen molar-refractivity contribution in [3.8, 4) is 5.75 Å². The average Bonchev–Trinajstić information content (AvgIpc) is 2.64. The van der Waals surface area contributed by atoms with Crippen LogP contribution in [-0.2, 0) is 10.0 Å². The monoisotopic (exact) mass is 558 g/mol. The molecule has 0 radical (unpaired) electrons. The number of nitrogens with one attached hydrogen (secondary N) is 1. The van der Waals surface area contributed by atoms with Crippen LogP contribution < -0.4 is 10.1 Å². The van der Waals surface area contributed by atoms with E-state index in [2.05, 4.69) is 5.32 Å². The third-order valence-electron chi connectivity index (χ3n) is 4.73. The molecular formula is C19H32ClIN4O3S. The van der Waals surface area contributed by atoms with Gasteiger partial charge in [-0.1, -0.05) is 17.7 Å². The van der Waals surface area contributed by atoms with Gasteiger partial charge >= 0.3 is 0 Å². The van der Waals surface area contributed by atoms with Crippen LogP contribution in [0.25, 0.3) is 0 Å². The number of halogens is 2. The molecule has 0 amide bonds. The van der Waals surface area contributed by atoms with Gasteiger partial charge in [0.2, 0.25) is 10.0 Å². The van der Waals surface area contributed by atoms with Gasteiger partial charge in [0.1, 0.15) is 12.4 Å². The van der Waals surface area contributed by atoms with Crippen LogP contribution in [0.1, 0.15) is 19.8 Å². The molecule has 29 heavy (non-hydrogen) atoms. The minimum absolute atomic E-state index is 0. The van der Waals surface area contributed by atoms with E-state index in [-0.39, 0.29) is 24.0 Å². The van der Waals surface area contributed by atoms with Crippen molar-refractivity contribution in [2.24, 2.45) is 10.9 Å². The number of hydrogen-bond donors (Lipinski definition) is 1. The summed E-state index contributed by atoms with van der Waals surface area (Å²) >= 11 is 5.97. The minimum Gasteiger partial charge on any atom is -0.492 e. The van der Waals surface area contributed by atoms with E-state index in [0.29, 0.717) is 43.7 Å². The van der Waals surface area contributed by atoms with Crippen molar-refractivity contribution in [2.75, 3.05) is 52.6 Å². The highest BCUT2D eigenvalue weighted by Gasteiger charge is 2.24. The first-order valence-corrected chi connectivity index (χ1v) is 11.8. The topological polar surface area (TPSA) is 74.2 Å². The highest BCUT2D eigenvalue weighted by atomic mass is 127. The summed E-state index contributed by atoms with van der Waals surface area (Å²) in [6.07, 6.45) is 2.96. The van der Waals surface area contributed by atoms with E-state index in [9.17, 15) is 8.42 Å². The smallest absolute Gasteiger partial charge is 0.211 e. The molecule has 0 spiro atoms. The third kappa shape index (κ3) is 9.27. The first-order valence-electron chi connectivity index (χ1n) is 9.62. The predicted molar refractivity (Wildman–Crippen MR) is 130 cm³/mol. The summed E-state index contributed by atoms with van der Waals surface area (Å²) in [4.78, 5) is 6.79. The van der Waals surface area contributed by atoms with E-state index in [4.69, 9.17) is 21.3 Å². The predicted octanol–water partition coefficient (Wildman–Crippen LogP) is 2.91. The molecule has 2 rings (SSSR count). The van der Waals surface area contributed by atoms with E-state index in [1.54, 1.807) is 10.4 Å². The first kappa shape index (κ1) is 26.3. The highest BCUT2D eigenvalue weighted by molar-refractivity contribution is 14.0. The zero-order valence-electron chi connectivity index (χ0n) is 17.3. The van der Waals surface area contributed by atoms with E-state index >= 15 is 0 Å². The van der Waals surface area contributed by atoms with Gasteiger partial charge in [0.05, 0.1) is 12.8 Å². The van der Waals surface area contributed by atoms with Crippen molar-refractivity contribution in [1.29, 1.82) is 0 Å². The molecule has 1 heterocycles. The number of likely N-dealkylation sites (N-methyl/N-ethyl adjacent to an activating group) is 1. The fraction of sp³-hybridized carbons (Fsp3) is 0.632. The Bertz CT molecular complexity index is 756. The van der Waals surface area contributed by atoms with Crippen LogP contribution in [-0.4, -0.2) is 76.2 Å². The molecule has 1 aliphatic rings. The zero-order valence-corrected chi connectivity index (χ0v) is 21.2. The second kappa shape index (κ2) is 12.8. The van der Waals surface area contributed by atoms with Crippen molar-refractivity contribution in [3.63, 3.8) is 0 Å². The van der Waals surface area contributed by atoms with Crippen LogP contribution in [0.15, 0.2) is 29.3 Å². The van der Waals surface area contributed by atoms with Gasteiger partial charge in [-0.2, -0.15) is 0 Å². The molecule has 1 aliphatic heterocycles. The Morgan fingerprint density at radius 1 is 1.38 bits per heavy atom. The molecule has 0 aromatic heterocycles. The summed E-state index contributed by atoms with van der Waals surface area (Å²) in [5.74, 6) is 1.99. The number of rotatable bonds is 8. The van der Waals surface area contributed by atoms with Gasteiger partial charge in [-0.25, -0.2) is 12.7 Å².